The summed E-state index contributed by atoms with van der Waals surface area (Å²) >= 11 is 3.62. The van der Waals surface area contributed by atoms with E-state index in [4.69, 9.17) is 0 Å². The highest BCUT2D eigenvalue weighted by atomic mass is 32.2. The third kappa shape index (κ3) is 8.65. The summed E-state index contributed by atoms with van der Waals surface area (Å²) in [7, 11) is 0. The highest BCUT2D eigenvalue weighted by molar-refractivity contribution is 8.02. The number of thioether (sulfide) groups is 1. The lowest BCUT2D eigenvalue weighted by Gasteiger charge is -2.34. The lowest BCUT2D eigenvalue weighted by Crippen LogP contribution is -2.21. The van der Waals surface area contributed by atoms with E-state index in [1.54, 1.807) is 11.8 Å². The molecule has 0 atom stereocenters. The van der Waals surface area contributed by atoms with Gasteiger partial charge in [0.05, 0.1) is 22.8 Å². The lowest BCUT2D eigenvalue weighted by molar-refractivity contribution is 0.550. The molecule has 1 saturated carbocycles. The number of para-hydroxylation sites is 3. The lowest BCUT2D eigenvalue weighted by atomic mass is 9.76. The Morgan fingerprint density at radius 1 is 0.667 bits per heavy atom. The van der Waals surface area contributed by atoms with Crippen LogP contribution in [0.5, 0.6) is 0 Å². The van der Waals surface area contributed by atoms with Gasteiger partial charge in [-0.05, 0) is 151 Å². The van der Waals surface area contributed by atoms with Gasteiger partial charge in [-0.2, -0.15) is 0 Å². The number of hydrogen-bond acceptors (Lipinski definition) is 4. The number of anilines is 4. The zero-order valence-electron chi connectivity index (χ0n) is 39.3. The van der Waals surface area contributed by atoms with Crippen LogP contribution in [0.2, 0.25) is 0 Å². The van der Waals surface area contributed by atoms with Crippen molar-refractivity contribution in [2.45, 2.75) is 93.7 Å². The fraction of sp³-hybridized carbons (Fsp3) is 0.194. The maximum absolute atomic E-state index is 4.57. The quantitative estimate of drug-likeness (QED) is 0.105. The van der Waals surface area contributed by atoms with Gasteiger partial charge in [0.25, 0.3) is 0 Å². The van der Waals surface area contributed by atoms with Gasteiger partial charge in [-0.3, -0.25) is 0 Å². The molecular formula is C62H60N2S2. The molecule has 10 rings (SSSR count). The fourth-order valence-corrected chi connectivity index (χ4v) is 12.0. The molecule has 4 heteroatoms. The number of fused-ring (bicyclic) bond motifs is 8. The number of benzene rings is 6. The van der Waals surface area contributed by atoms with Crippen LogP contribution in [0.15, 0.2) is 207 Å². The molecule has 4 aliphatic rings. The van der Waals surface area contributed by atoms with Gasteiger partial charge in [0.1, 0.15) is 0 Å². The smallest absolute Gasteiger partial charge is 0.0601 e. The Morgan fingerprint density at radius 3 is 1.91 bits per heavy atom. The predicted molar refractivity (Wildman–Crippen MR) is 289 cm³/mol. The molecule has 66 heavy (non-hydrogen) atoms. The summed E-state index contributed by atoms with van der Waals surface area (Å²) in [5, 5.41) is 2.21. The Kier molecular flexibility index (Phi) is 13.4. The molecule has 2 heterocycles. The minimum Gasteiger partial charge on any atom is -0.309 e. The van der Waals surface area contributed by atoms with Gasteiger partial charge >= 0.3 is 0 Å². The van der Waals surface area contributed by atoms with Gasteiger partial charge in [-0.1, -0.05) is 184 Å². The first-order valence-corrected chi connectivity index (χ1v) is 25.3. The Hall–Kier alpha value is -6.20. The molecular weight excluding hydrogens is 837 g/mol. The molecule has 0 unspecified atom stereocenters. The van der Waals surface area contributed by atoms with Crippen LogP contribution >= 0.6 is 23.5 Å². The van der Waals surface area contributed by atoms with Crippen molar-refractivity contribution in [2.75, 3.05) is 9.80 Å². The van der Waals surface area contributed by atoms with Crippen molar-refractivity contribution in [1.29, 1.82) is 0 Å². The molecule has 1 fully saturated rings. The van der Waals surface area contributed by atoms with E-state index >= 15 is 0 Å². The zero-order valence-corrected chi connectivity index (χ0v) is 40.9. The fourth-order valence-electron chi connectivity index (χ4n) is 10.1. The van der Waals surface area contributed by atoms with Crippen LogP contribution in [-0.2, 0) is 5.41 Å². The Labute approximate surface area is 402 Å². The van der Waals surface area contributed by atoms with E-state index in [1.165, 1.54) is 120 Å². The third-order valence-electron chi connectivity index (χ3n) is 13.0. The summed E-state index contributed by atoms with van der Waals surface area (Å²) < 4.78 is 0. The minimum absolute atomic E-state index is 0.0448. The number of rotatable bonds is 9. The van der Waals surface area contributed by atoms with E-state index in [-0.39, 0.29) is 5.41 Å². The highest BCUT2D eigenvalue weighted by Crippen LogP contribution is 2.59. The van der Waals surface area contributed by atoms with Crippen molar-refractivity contribution in [2.24, 2.45) is 0 Å². The van der Waals surface area contributed by atoms with Gasteiger partial charge in [-0.15, -0.1) is 0 Å². The van der Waals surface area contributed by atoms with Crippen LogP contribution in [0, 0.1) is 6.92 Å². The summed E-state index contributed by atoms with van der Waals surface area (Å²) in [4.78, 5) is 8.55. The largest absolute Gasteiger partial charge is 0.309 e. The summed E-state index contributed by atoms with van der Waals surface area (Å²) in [5.41, 5.74) is 20.2. The van der Waals surface area contributed by atoms with Gasteiger partial charge in [-0.25, -0.2) is 0 Å². The first-order chi connectivity index (χ1) is 32.2. The molecule has 0 saturated heterocycles. The molecule has 330 valence electrons. The Morgan fingerprint density at radius 2 is 1.26 bits per heavy atom. The van der Waals surface area contributed by atoms with E-state index in [2.05, 4.69) is 226 Å². The maximum atomic E-state index is 4.57. The van der Waals surface area contributed by atoms with Gasteiger partial charge < -0.3 is 9.80 Å². The average molecular weight is 897 g/mol. The summed E-state index contributed by atoms with van der Waals surface area (Å²) in [6.45, 7) is 17.5. The average Bonchev–Trinajstić information content (AvgIpc) is 3.93. The predicted octanol–water partition coefficient (Wildman–Crippen LogP) is 18.8. The first kappa shape index (κ1) is 45.0. The zero-order chi connectivity index (χ0) is 45.8. The molecule has 0 bridgehead atoms. The molecule has 6 aromatic rings. The molecule has 1 spiro atoms. The third-order valence-corrected chi connectivity index (χ3v) is 15.1. The minimum atomic E-state index is 0.0448. The number of allylic oxidation sites excluding steroid dienone is 8. The van der Waals surface area contributed by atoms with E-state index in [1.807, 2.05) is 24.8 Å². The van der Waals surface area contributed by atoms with Crippen LogP contribution in [-0.4, -0.2) is 0 Å². The second kappa shape index (κ2) is 19.7. The molecule has 0 N–H and O–H groups in total. The molecule has 6 aromatic carbocycles. The van der Waals surface area contributed by atoms with E-state index in [0.717, 1.165) is 17.1 Å². The molecule has 0 amide bonds. The second-order valence-corrected chi connectivity index (χ2v) is 19.9. The van der Waals surface area contributed by atoms with Crippen molar-refractivity contribution in [1.82, 2.24) is 0 Å². The Balaban J connectivity index is 0.00000178. The standard InChI is InChI=1S/C59H52N2S2.C3H8/c1-6-7-8-17-46-39-62-56-21-12-9-18-53(56)60(46)42(5)24-30-47(40(2)3)48-31-27-43(36-41(48)4)25-26-44-28-32-49-50-33-29-45(38-52(50)59(51(49)37-44)34-15-16-35-59)61-54-19-10-13-22-57(54)63-58-23-14-11-20-55(58)61;1-3-2/h6-14,17-33,36-39H,5,15-16,34-35H2,1-4H3;3H2,1-2H3/b7-6-,17-8-,26-25+,30-24-;. The number of nitrogens with zero attached hydrogens (tertiary/aromatic N) is 2. The van der Waals surface area contributed by atoms with Crippen LogP contribution in [0.25, 0.3) is 28.9 Å². The molecule has 0 radical (unpaired) electrons. The van der Waals surface area contributed by atoms with Crippen LogP contribution < -0.4 is 9.80 Å². The van der Waals surface area contributed by atoms with Crippen molar-refractivity contribution in [3.63, 3.8) is 0 Å². The summed E-state index contributed by atoms with van der Waals surface area (Å²) in [6.07, 6.45) is 23.5. The van der Waals surface area contributed by atoms with Crippen molar-refractivity contribution < 1.29 is 0 Å². The first-order valence-electron chi connectivity index (χ1n) is 23.6. The van der Waals surface area contributed by atoms with Gasteiger partial charge in [0.2, 0.25) is 0 Å². The van der Waals surface area contributed by atoms with Gasteiger partial charge in [0, 0.05) is 36.9 Å². The highest BCUT2D eigenvalue weighted by Gasteiger charge is 2.45. The maximum Gasteiger partial charge on any atom is 0.0601 e. The van der Waals surface area contributed by atoms with Crippen molar-refractivity contribution >= 4 is 64.0 Å². The summed E-state index contributed by atoms with van der Waals surface area (Å²) in [5.74, 6) is 0. The topological polar surface area (TPSA) is 6.48 Å². The number of aryl methyl sites for hydroxylation is 1. The normalized spacial score (nSPS) is 15.4. The van der Waals surface area contributed by atoms with E-state index in [9.17, 15) is 0 Å². The molecule has 2 nitrogen and oxygen atoms in total. The van der Waals surface area contributed by atoms with Crippen molar-refractivity contribution in [3.05, 3.63) is 226 Å². The van der Waals surface area contributed by atoms with Crippen LogP contribution in [0.3, 0.4) is 0 Å². The Bertz CT molecular complexity index is 2950. The van der Waals surface area contributed by atoms with E-state index < -0.39 is 0 Å². The molecule has 0 aromatic heterocycles. The van der Waals surface area contributed by atoms with E-state index in [0.29, 0.717) is 0 Å². The van der Waals surface area contributed by atoms with Gasteiger partial charge in [0.15, 0.2) is 0 Å². The molecule has 2 aliphatic heterocycles. The van der Waals surface area contributed by atoms with Crippen molar-refractivity contribution in [3.8, 4) is 11.1 Å². The number of hydrogen-bond donors (Lipinski definition) is 0. The molecule has 2 aliphatic carbocycles. The summed E-state index contributed by atoms with van der Waals surface area (Å²) in [6, 6.07) is 47.5. The second-order valence-electron chi connectivity index (χ2n) is 17.9. The van der Waals surface area contributed by atoms with Crippen LogP contribution in [0.1, 0.15) is 100 Å². The monoisotopic (exact) mass is 896 g/mol. The van der Waals surface area contributed by atoms with Crippen LogP contribution in [0.4, 0.5) is 22.7 Å². The SMILES string of the molecule is C=C(/C=C\C(=C(C)C)c1ccc(/C=C/c2ccc3c(c2)C2(CCCC2)c2cc(N4c5ccccc5Sc5ccccc54)ccc2-3)cc1C)N1C(/C=C\C=C/C)=CSc2ccccc21.CCC.